The van der Waals surface area contributed by atoms with Crippen LogP contribution in [0.3, 0.4) is 0 Å². The van der Waals surface area contributed by atoms with Crippen molar-refractivity contribution in [2.24, 2.45) is 34.0 Å². The normalized spacial score (nSPS) is 39.2. The number of fused-ring (bicyclic) bond motifs is 4. The van der Waals surface area contributed by atoms with Gasteiger partial charge in [0.1, 0.15) is 0 Å². The number of rotatable bonds is 5. The average Bonchev–Trinajstić information content (AvgIpc) is 3.04. The van der Waals surface area contributed by atoms with Gasteiger partial charge in [0.15, 0.2) is 0 Å². The molecule has 1 nitrogen and oxygen atoms in total. The second-order valence-electron chi connectivity index (χ2n) is 12.4. The molecular formula is C29H46O. The van der Waals surface area contributed by atoms with E-state index >= 15 is 0 Å². The van der Waals surface area contributed by atoms with Gasteiger partial charge in [-0.3, -0.25) is 0 Å². The van der Waals surface area contributed by atoms with Gasteiger partial charge in [-0.05, 0) is 110 Å². The van der Waals surface area contributed by atoms with Gasteiger partial charge in [-0.1, -0.05) is 64.3 Å². The number of aliphatic hydroxyl groups is 1. The highest BCUT2D eigenvalue weighted by atomic mass is 16.3. The fourth-order valence-electron chi connectivity index (χ4n) is 8.54. The first-order valence-electron chi connectivity index (χ1n) is 12.8. The monoisotopic (exact) mass is 410 g/mol. The lowest BCUT2D eigenvalue weighted by molar-refractivity contribution is 0.00595. The lowest BCUT2D eigenvalue weighted by Crippen LogP contribution is -2.47. The molecule has 0 aromatic heterocycles. The van der Waals surface area contributed by atoms with Crippen LogP contribution in [0.1, 0.15) is 106 Å². The first kappa shape index (κ1) is 22.4. The van der Waals surface area contributed by atoms with Gasteiger partial charge in [0.2, 0.25) is 0 Å². The number of allylic oxidation sites excluding steroid dienone is 5. The minimum atomic E-state index is 0.203. The molecule has 0 radical (unpaired) electrons. The van der Waals surface area contributed by atoms with Gasteiger partial charge in [-0.2, -0.15) is 0 Å². The highest BCUT2D eigenvalue weighted by Crippen LogP contribution is 2.66. The van der Waals surface area contributed by atoms with Crippen molar-refractivity contribution in [1.82, 2.24) is 0 Å². The molecule has 1 N–H and O–H groups in total. The number of aliphatic hydroxyl groups excluding tert-OH is 1. The smallest absolute Gasteiger partial charge is 0.0639 e. The van der Waals surface area contributed by atoms with Crippen LogP contribution in [-0.2, 0) is 0 Å². The third-order valence-corrected chi connectivity index (χ3v) is 10.2. The molecule has 4 rings (SSSR count). The number of hydrogen-bond acceptors (Lipinski definition) is 1. The Morgan fingerprint density at radius 3 is 2.63 bits per heavy atom. The summed E-state index contributed by atoms with van der Waals surface area (Å²) in [5.41, 5.74) is 7.93. The first-order chi connectivity index (χ1) is 14.1. The summed E-state index contributed by atoms with van der Waals surface area (Å²) in [4.78, 5) is 0. The van der Waals surface area contributed by atoms with Crippen LogP contribution in [0, 0.1) is 34.0 Å². The third kappa shape index (κ3) is 3.48. The zero-order chi connectivity index (χ0) is 21.7. The molecule has 0 unspecified atom stereocenters. The standard InChI is InChI=1S/C29H46O/c1-20(19-30)9-7-10-21(2)23-12-13-24-22-11-14-26-27(3,4)16-8-17-29(26,6)25(22)15-18-28(23,24)5/h9,13,21,23,26,30H,7-8,10-12,14-19H2,1-6H3/t21-,23-,26+,28-,29-/m1/s1. The van der Waals surface area contributed by atoms with Gasteiger partial charge in [0.05, 0.1) is 6.61 Å². The zero-order valence-corrected chi connectivity index (χ0v) is 20.6. The van der Waals surface area contributed by atoms with Gasteiger partial charge < -0.3 is 5.11 Å². The molecule has 1 saturated carbocycles. The summed E-state index contributed by atoms with van der Waals surface area (Å²) in [6, 6.07) is 0. The quantitative estimate of drug-likeness (QED) is 0.455. The first-order valence-corrected chi connectivity index (χ1v) is 12.8. The van der Waals surface area contributed by atoms with Crippen LogP contribution in [0.15, 0.2) is 34.4 Å². The lowest BCUT2D eigenvalue weighted by Gasteiger charge is -2.58. The Morgan fingerprint density at radius 1 is 1.13 bits per heavy atom. The van der Waals surface area contributed by atoms with Crippen molar-refractivity contribution in [2.75, 3.05) is 6.61 Å². The molecule has 0 spiro atoms. The van der Waals surface area contributed by atoms with Gasteiger partial charge in [-0.25, -0.2) is 0 Å². The van der Waals surface area contributed by atoms with Gasteiger partial charge in [0, 0.05) is 0 Å². The van der Waals surface area contributed by atoms with Crippen LogP contribution in [-0.4, -0.2) is 11.7 Å². The van der Waals surface area contributed by atoms with Crippen LogP contribution in [0.2, 0.25) is 0 Å². The highest BCUT2D eigenvalue weighted by molar-refractivity contribution is 5.49. The Kier molecular flexibility index (Phi) is 5.93. The lowest BCUT2D eigenvalue weighted by atomic mass is 9.47. The topological polar surface area (TPSA) is 20.2 Å². The molecule has 0 saturated heterocycles. The largest absolute Gasteiger partial charge is 0.392 e. The molecule has 1 fully saturated rings. The Hall–Kier alpha value is -0.820. The predicted octanol–water partition coefficient (Wildman–Crippen LogP) is 8.01. The van der Waals surface area contributed by atoms with Crippen molar-refractivity contribution in [3.05, 3.63) is 34.4 Å². The van der Waals surface area contributed by atoms with Crippen LogP contribution in [0.4, 0.5) is 0 Å². The fourth-order valence-corrected chi connectivity index (χ4v) is 8.54. The van der Waals surface area contributed by atoms with E-state index in [1.165, 1.54) is 57.8 Å². The van der Waals surface area contributed by atoms with E-state index in [-0.39, 0.29) is 6.61 Å². The molecule has 0 aromatic rings. The molecule has 4 aliphatic rings. The molecule has 0 aromatic carbocycles. The molecular weight excluding hydrogens is 364 g/mol. The number of hydrogen-bond donors (Lipinski definition) is 1. The van der Waals surface area contributed by atoms with Gasteiger partial charge >= 0.3 is 0 Å². The highest BCUT2D eigenvalue weighted by Gasteiger charge is 2.55. The zero-order valence-electron chi connectivity index (χ0n) is 20.6. The SMILES string of the molecule is CC(=CCC[C@@H](C)[C@H]1CC=C2C3=C(CC[C@@]21C)[C@@]1(C)CCCC(C)(C)[C@@H]1CC3)CO. The van der Waals surface area contributed by atoms with Crippen LogP contribution in [0.5, 0.6) is 0 Å². The molecule has 1 heteroatoms. The summed E-state index contributed by atoms with van der Waals surface area (Å²) in [7, 11) is 0. The second-order valence-corrected chi connectivity index (χ2v) is 12.4. The summed E-state index contributed by atoms with van der Waals surface area (Å²) in [5.74, 6) is 2.41. The summed E-state index contributed by atoms with van der Waals surface area (Å²) in [6.45, 7) is 15.1. The van der Waals surface area contributed by atoms with Crippen molar-refractivity contribution in [2.45, 2.75) is 106 Å². The maximum atomic E-state index is 9.27. The summed E-state index contributed by atoms with van der Waals surface area (Å²) < 4.78 is 0. The van der Waals surface area contributed by atoms with Crippen LogP contribution in [0.25, 0.3) is 0 Å². The third-order valence-electron chi connectivity index (χ3n) is 10.2. The van der Waals surface area contributed by atoms with E-state index in [1.807, 2.05) is 18.1 Å². The minimum Gasteiger partial charge on any atom is -0.392 e. The fraction of sp³-hybridized carbons (Fsp3) is 0.793. The molecule has 0 aliphatic heterocycles. The Labute approximate surface area is 186 Å². The maximum absolute atomic E-state index is 9.27. The van der Waals surface area contributed by atoms with Crippen molar-refractivity contribution < 1.29 is 5.11 Å². The van der Waals surface area contributed by atoms with E-state index < -0.39 is 0 Å². The van der Waals surface area contributed by atoms with E-state index in [2.05, 4.69) is 46.8 Å². The van der Waals surface area contributed by atoms with Crippen molar-refractivity contribution in [3.63, 3.8) is 0 Å². The van der Waals surface area contributed by atoms with Crippen molar-refractivity contribution in [1.29, 1.82) is 0 Å². The Bertz CT molecular complexity index is 765. The molecule has 0 amide bonds. The van der Waals surface area contributed by atoms with Crippen molar-refractivity contribution >= 4 is 0 Å². The van der Waals surface area contributed by atoms with E-state index in [1.54, 1.807) is 5.57 Å². The molecule has 5 atom stereocenters. The van der Waals surface area contributed by atoms with E-state index in [9.17, 15) is 5.11 Å². The molecule has 30 heavy (non-hydrogen) atoms. The molecule has 4 aliphatic carbocycles. The molecule has 0 bridgehead atoms. The van der Waals surface area contributed by atoms with E-state index in [0.717, 1.165) is 29.7 Å². The average molecular weight is 411 g/mol. The minimum absolute atomic E-state index is 0.203. The predicted molar refractivity (Wildman–Crippen MR) is 128 cm³/mol. The summed E-state index contributed by atoms with van der Waals surface area (Å²) in [6.07, 6.45) is 18.2. The van der Waals surface area contributed by atoms with Gasteiger partial charge in [0.25, 0.3) is 0 Å². The summed E-state index contributed by atoms with van der Waals surface area (Å²) in [5, 5.41) is 9.27. The van der Waals surface area contributed by atoms with E-state index in [4.69, 9.17) is 0 Å². The Balaban J connectivity index is 1.56. The van der Waals surface area contributed by atoms with Crippen LogP contribution < -0.4 is 0 Å². The van der Waals surface area contributed by atoms with E-state index in [0.29, 0.717) is 16.2 Å². The van der Waals surface area contributed by atoms with Crippen molar-refractivity contribution in [3.8, 4) is 0 Å². The molecule has 0 heterocycles. The molecule has 168 valence electrons. The second kappa shape index (κ2) is 7.95. The summed E-state index contributed by atoms with van der Waals surface area (Å²) >= 11 is 0. The maximum Gasteiger partial charge on any atom is 0.0639 e. The van der Waals surface area contributed by atoms with Gasteiger partial charge in [-0.15, -0.1) is 0 Å². The Morgan fingerprint density at radius 2 is 1.90 bits per heavy atom. The van der Waals surface area contributed by atoms with Crippen LogP contribution >= 0.6 is 0 Å².